The Kier molecular flexibility index (Phi) is 6.41. The van der Waals surface area contributed by atoms with Crippen LogP contribution in [0, 0.1) is 0 Å². The number of hydroxylamine groups is 2. The van der Waals surface area contributed by atoms with Gasteiger partial charge in [0, 0.05) is 7.05 Å². The Bertz CT molecular complexity index is 236. The van der Waals surface area contributed by atoms with E-state index < -0.39 is 5.72 Å². The van der Waals surface area contributed by atoms with E-state index >= 15 is 0 Å². The summed E-state index contributed by atoms with van der Waals surface area (Å²) >= 11 is 0. The Morgan fingerprint density at radius 2 is 2.06 bits per heavy atom. The fraction of sp³-hybridized carbons (Fsp3) is 0.900. The Labute approximate surface area is 100 Å². The number of carbonyl (C=O) groups is 1. The van der Waals surface area contributed by atoms with Crippen LogP contribution in [-0.4, -0.2) is 48.2 Å². The highest BCUT2D eigenvalue weighted by Gasteiger charge is 2.42. The number of amides is 1. The Morgan fingerprint density at radius 3 is 2.38 bits per heavy atom. The molecule has 1 aliphatic heterocycles. The average Bonchev–Trinajstić information content (AvgIpc) is 2.55. The standard InChI is InChI=1S/C8H17N2O3P.C2H6/c1-8(2)10(14)6(5-13-8)7(11)9(3)12-4;1-2/h6H,5,14H2,1-4H3;1-2H3. The summed E-state index contributed by atoms with van der Waals surface area (Å²) in [4.78, 5) is 16.6. The maximum Gasteiger partial charge on any atom is 0.265 e. The van der Waals surface area contributed by atoms with Crippen LogP contribution in [-0.2, 0) is 14.4 Å². The van der Waals surface area contributed by atoms with E-state index in [1.54, 1.807) is 7.05 Å². The highest BCUT2D eigenvalue weighted by molar-refractivity contribution is 7.13. The van der Waals surface area contributed by atoms with Gasteiger partial charge in [0.2, 0.25) is 0 Å². The molecule has 0 aromatic heterocycles. The van der Waals surface area contributed by atoms with Gasteiger partial charge in [-0.15, -0.1) is 0 Å². The first-order valence-corrected chi connectivity index (χ1v) is 5.91. The Balaban J connectivity index is 0.00000106. The van der Waals surface area contributed by atoms with Gasteiger partial charge in [-0.25, -0.2) is 9.73 Å². The highest BCUT2D eigenvalue weighted by atomic mass is 31.0. The van der Waals surface area contributed by atoms with Crippen molar-refractivity contribution >= 4 is 15.3 Å². The van der Waals surface area contributed by atoms with Crippen molar-refractivity contribution in [2.45, 2.75) is 39.5 Å². The van der Waals surface area contributed by atoms with Crippen LogP contribution in [0.2, 0.25) is 0 Å². The summed E-state index contributed by atoms with van der Waals surface area (Å²) in [7, 11) is 5.57. The van der Waals surface area contributed by atoms with E-state index in [-0.39, 0.29) is 11.9 Å². The lowest BCUT2D eigenvalue weighted by Crippen LogP contribution is -2.45. The number of rotatable bonds is 2. The zero-order chi connectivity index (χ0) is 12.9. The SMILES string of the molecule is CC.CON(C)C(=O)C1COC(C)(C)N1P. The average molecular weight is 250 g/mol. The van der Waals surface area contributed by atoms with Gasteiger partial charge >= 0.3 is 0 Å². The summed E-state index contributed by atoms with van der Waals surface area (Å²) in [6.07, 6.45) is 0. The van der Waals surface area contributed by atoms with Crippen molar-refractivity contribution in [3.8, 4) is 0 Å². The number of nitrogens with zero attached hydrogens (tertiary/aromatic N) is 2. The van der Waals surface area contributed by atoms with Gasteiger partial charge in [0.25, 0.3) is 5.91 Å². The lowest BCUT2D eigenvalue weighted by molar-refractivity contribution is -0.172. The molecule has 0 saturated carbocycles. The molecule has 96 valence electrons. The topological polar surface area (TPSA) is 42.0 Å². The second-order valence-electron chi connectivity index (χ2n) is 3.70. The molecule has 5 nitrogen and oxygen atoms in total. The molecule has 1 saturated heterocycles. The second kappa shape index (κ2) is 6.50. The van der Waals surface area contributed by atoms with Crippen LogP contribution in [0.1, 0.15) is 27.7 Å². The van der Waals surface area contributed by atoms with Gasteiger partial charge in [0.1, 0.15) is 11.8 Å². The van der Waals surface area contributed by atoms with Gasteiger partial charge in [0.15, 0.2) is 0 Å². The van der Waals surface area contributed by atoms with Crippen LogP contribution < -0.4 is 0 Å². The van der Waals surface area contributed by atoms with E-state index in [4.69, 9.17) is 9.57 Å². The number of hydrogen-bond donors (Lipinski definition) is 0. The predicted octanol–water partition coefficient (Wildman–Crippen LogP) is 1.26. The Hall–Kier alpha value is -0.220. The predicted molar refractivity (Wildman–Crippen MR) is 66.5 cm³/mol. The summed E-state index contributed by atoms with van der Waals surface area (Å²) < 4.78 is 7.31. The first-order valence-electron chi connectivity index (χ1n) is 5.40. The van der Waals surface area contributed by atoms with Crippen molar-refractivity contribution in [3.63, 3.8) is 0 Å². The van der Waals surface area contributed by atoms with E-state index in [1.165, 1.54) is 12.2 Å². The molecule has 0 aromatic carbocycles. The van der Waals surface area contributed by atoms with Gasteiger partial charge < -0.3 is 4.74 Å². The van der Waals surface area contributed by atoms with Crippen LogP contribution in [0.5, 0.6) is 0 Å². The van der Waals surface area contributed by atoms with Gasteiger partial charge in [0.05, 0.1) is 13.7 Å². The minimum Gasteiger partial charge on any atom is -0.359 e. The van der Waals surface area contributed by atoms with Crippen LogP contribution in [0.3, 0.4) is 0 Å². The maximum absolute atomic E-state index is 11.7. The summed E-state index contributed by atoms with van der Waals surface area (Å²) in [6, 6.07) is -0.292. The maximum atomic E-state index is 11.7. The molecule has 0 radical (unpaired) electrons. The highest BCUT2D eigenvalue weighted by Crippen LogP contribution is 2.31. The zero-order valence-electron chi connectivity index (χ0n) is 11.0. The number of ether oxygens (including phenoxy) is 1. The molecule has 0 N–H and O–H groups in total. The third-order valence-corrected chi connectivity index (χ3v) is 3.40. The number of likely N-dealkylation sites (N-methyl/N-ethyl adjacent to an activating group) is 1. The molecule has 16 heavy (non-hydrogen) atoms. The van der Waals surface area contributed by atoms with Gasteiger partial charge in [-0.3, -0.25) is 9.63 Å². The number of hydrogen-bond acceptors (Lipinski definition) is 4. The van der Waals surface area contributed by atoms with Gasteiger partial charge in [-0.1, -0.05) is 23.2 Å². The molecule has 1 rings (SSSR count). The summed E-state index contributed by atoms with van der Waals surface area (Å²) in [5, 5.41) is 1.21. The zero-order valence-corrected chi connectivity index (χ0v) is 12.1. The molecular formula is C10H23N2O3P. The fourth-order valence-electron chi connectivity index (χ4n) is 1.30. The lowest BCUT2D eigenvalue weighted by Gasteiger charge is -2.29. The Morgan fingerprint density at radius 1 is 1.56 bits per heavy atom. The van der Waals surface area contributed by atoms with E-state index in [9.17, 15) is 4.79 Å². The molecule has 0 spiro atoms. The van der Waals surface area contributed by atoms with Crippen LogP contribution in [0.15, 0.2) is 0 Å². The van der Waals surface area contributed by atoms with Gasteiger partial charge in [-0.05, 0) is 13.8 Å². The molecule has 1 heterocycles. The smallest absolute Gasteiger partial charge is 0.265 e. The summed E-state index contributed by atoms with van der Waals surface area (Å²) in [5.74, 6) is -0.104. The molecule has 1 fully saturated rings. The van der Waals surface area contributed by atoms with Crippen LogP contribution >= 0.6 is 9.39 Å². The van der Waals surface area contributed by atoms with Gasteiger partial charge in [-0.2, -0.15) is 0 Å². The van der Waals surface area contributed by atoms with Crippen LogP contribution in [0.4, 0.5) is 0 Å². The molecular weight excluding hydrogens is 227 g/mol. The second-order valence-corrected chi connectivity index (χ2v) is 4.26. The van der Waals surface area contributed by atoms with Crippen molar-refractivity contribution in [2.24, 2.45) is 0 Å². The minimum atomic E-state index is -0.417. The van der Waals surface area contributed by atoms with E-state index in [2.05, 4.69) is 9.39 Å². The summed E-state index contributed by atoms with van der Waals surface area (Å²) in [5.41, 5.74) is -0.417. The van der Waals surface area contributed by atoms with Crippen molar-refractivity contribution in [1.82, 2.24) is 9.73 Å². The number of carbonyl (C=O) groups excluding carboxylic acids is 1. The van der Waals surface area contributed by atoms with E-state index in [0.29, 0.717) is 6.61 Å². The molecule has 6 heteroatoms. The van der Waals surface area contributed by atoms with Crippen molar-refractivity contribution in [2.75, 3.05) is 20.8 Å². The van der Waals surface area contributed by atoms with Crippen LogP contribution in [0.25, 0.3) is 0 Å². The minimum absolute atomic E-state index is 0.104. The fourth-order valence-corrected chi connectivity index (χ4v) is 1.59. The summed E-state index contributed by atoms with van der Waals surface area (Å²) in [6.45, 7) is 8.23. The molecule has 2 unspecified atom stereocenters. The monoisotopic (exact) mass is 250 g/mol. The largest absolute Gasteiger partial charge is 0.359 e. The lowest BCUT2D eigenvalue weighted by atomic mass is 10.2. The van der Waals surface area contributed by atoms with Crippen molar-refractivity contribution in [3.05, 3.63) is 0 Å². The van der Waals surface area contributed by atoms with E-state index in [0.717, 1.165) is 0 Å². The molecule has 1 aliphatic rings. The molecule has 1 amide bonds. The van der Waals surface area contributed by atoms with Crippen molar-refractivity contribution in [1.29, 1.82) is 0 Å². The first-order chi connectivity index (χ1) is 7.40. The molecule has 0 aromatic rings. The quantitative estimate of drug-likeness (QED) is 0.546. The third kappa shape index (κ3) is 3.39. The molecule has 0 aliphatic carbocycles. The molecule has 2 atom stereocenters. The van der Waals surface area contributed by atoms with E-state index in [1.807, 2.05) is 32.4 Å². The van der Waals surface area contributed by atoms with Crippen molar-refractivity contribution < 1.29 is 14.4 Å². The molecule has 0 bridgehead atoms. The first kappa shape index (κ1) is 15.8. The third-order valence-electron chi connectivity index (χ3n) is 2.42. The normalized spacial score (nSPS) is 23.6.